The van der Waals surface area contributed by atoms with E-state index in [2.05, 4.69) is 0 Å². The first kappa shape index (κ1) is 15.6. The number of hydrogen-bond donors (Lipinski definition) is 1. The van der Waals surface area contributed by atoms with Gasteiger partial charge in [0.05, 0.1) is 18.8 Å². The van der Waals surface area contributed by atoms with Crippen LogP contribution in [0.5, 0.6) is 0 Å². The quantitative estimate of drug-likeness (QED) is 0.615. The number of carboxylic acid groups (broad SMARTS) is 1. The van der Waals surface area contributed by atoms with E-state index in [0.29, 0.717) is 12.5 Å². The summed E-state index contributed by atoms with van der Waals surface area (Å²) in [4.78, 5) is 22.9. The summed E-state index contributed by atoms with van der Waals surface area (Å²) < 4.78 is 5.06. The van der Waals surface area contributed by atoms with E-state index < -0.39 is 5.97 Å². The highest BCUT2D eigenvalue weighted by molar-refractivity contribution is 8.00. The van der Waals surface area contributed by atoms with Crippen LogP contribution in [0.1, 0.15) is 19.4 Å². The van der Waals surface area contributed by atoms with Gasteiger partial charge in [0.1, 0.15) is 0 Å². The molecule has 0 aliphatic heterocycles. The molecule has 5 heteroatoms. The standard InChI is InChI=1S/C14H18O4S/c1-10(2)8-18-14(17)9-19-12-5-3-11(4-6-12)7-13(15)16/h3-6,10H,7-9H2,1-2H3,(H,15,16). The maximum Gasteiger partial charge on any atom is 0.316 e. The van der Waals surface area contributed by atoms with Crippen LogP contribution in [0, 0.1) is 5.92 Å². The van der Waals surface area contributed by atoms with Crippen molar-refractivity contribution in [3.05, 3.63) is 29.8 Å². The van der Waals surface area contributed by atoms with Crippen LogP contribution in [-0.2, 0) is 20.7 Å². The van der Waals surface area contributed by atoms with Gasteiger partial charge in [-0.05, 0) is 23.6 Å². The molecule has 1 rings (SSSR count). The van der Waals surface area contributed by atoms with Crippen molar-refractivity contribution in [1.82, 2.24) is 0 Å². The van der Waals surface area contributed by atoms with E-state index in [1.54, 1.807) is 12.1 Å². The first-order valence-corrected chi connectivity index (χ1v) is 7.05. The molecule has 0 amide bonds. The molecule has 0 saturated carbocycles. The van der Waals surface area contributed by atoms with Gasteiger partial charge in [0, 0.05) is 4.90 Å². The minimum Gasteiger partial charge on any atom is -0.481 e. The minimum absolute atomic E-state index is 0.0153. The molecule has 0 aliphatic carbocycles. The Hall–Kier alpha value is -1.49. The van der Waals surface area contributed by atoms with Gasteiger partial charge in [0.2, 0.25) is 0 Å². The molecule has 4 nitrogen and oxygen atoms in total. The van der Waals surface area contributed by atoms with E-state index in [-0.39, 0.29) is 18.1 Å². The van der Waals surface area contributed by atoms with Gasteiger partial charge in [0.15, 0.2) is 0 Å². The third kappa shape index (κ3) is 6.86. The second-order valence-corrected chi connectivity index (χ2v) is 5.63. The van der Waals surface area contributed by atoms with Gasteiger partial charge in [-0.2, -0.15) is 0 Å². The topological polar surface area (TPSA) is 63.6 Å². The molecule has 1 aromatic rings. The van der Waals surface area contributed by atoms with Gasteiger partial charge in [-0.3, -0.25) is 9.59 Å². The molecule has 0 spiro atoms. The summed E-state index contributed by atoms with van der Waals surface area (Å²) >= 11 is 1.39. The Bertz CT molecular complexity index is 426. The predicted octanol–water partition coefficient (Wildman–Crippen LogP) is 2.61. The second kappa shape index (κ2) is 7.84. The zero-order chi connectivity index (χ0) is 14.3. The van der Waals surface area contributed by atoms with E-state index in [9.17, 15) is 9.59 Å². The third-order valence-corrected chi connectivity index (χ3v) is 3.20. The molecule has 0 bridgehead atoms. The number of carbonyl (C=O) groups is 2. The van der Waals surface area contributed by atoms with Crippen LogP contribution in [0.3, 0.4) is 0 Å². The van der Waals surface area contributed by atoms with Crippen molar-refractivity contribution in [1.29, 1.82) is 0 Å². The van der Waals surface area contributed by atoms with Crippen molar-refractivity contribution in [3.8, 4) is 0 Å². The molecule has 19 heavy (non-hydrogen) atoms. The molecule has 0 aromatic heterocycles. The number of rotatable bonds is 7. The van der Waals surface area contributed by atoms with Gasteiger partial charge in [-0.25, -0.2) is 0 Å². The van der Waals surface area contributed by atoms with E-state index in [0.717, 1.165) is 10.5 Å². The Morgan fingerprint density at radius 2 is 1.89 bits per heavy atom. The molecular weight excluding hydrogens is 264 g/mol. The molecule has 0 atom stereocenters. The lowest BCUT2D eigenvalue weighted by atomic mass is 10.2. The summed E-state index contributed by atoms with van der Waals surface area (Å²) in [5, 5.41) is 8.65. The summed E-state index contributed by atoms with van der Waals surface area (Å²) in [5.74, 6) is -0.472. The Balaban J connectivity index is 2.37. The van der Waals surface area contributed by atoms with Crippen LogP contribution >= 0.6 is 11.8 Å². The van der Waals surface area contributed by atoms with Crippen LogP contribution in [-0.4, -0.2) is 29.4 Å². The fourth-order valence-electron chi connectivity index (χ4n) is 1.32. The number of thioether (sulfide) groups is 1. The largest absolute Gasteiger partial charge is 0.481 e. The molecule has 0 aliphatic rings. The predicted molar refractivity (Wildman–Crippen MR) is 74.3 cm³/mol. The van der Waals surface area contributed by atoms with Gasteiger partial charge >= 0.3 is 11.9 Å². The summed E-state index contributed by atoms with van der Waals surface area (Å²) in [7, 11) is 0. The highest BCUT2D eigenvalue weighted by atomic mass is 32.2. The number of carbonyl (C=O) groups excluding carboxylic acids is 1. The molecule has 0 radical (unpaired) electrons. The van der Waals surface area contributed by atoms with Gasteiger partial charge in [-0.15, -0.1) is 11.8 Å². The van der Waals surface area contributed by atoms with E-state index >= 15 is 0 Å². The molecule has 1 aromatic carbocycles. The average Bonchev–Trinajstić information content (AvgIpc) is 2.35. The molecule has 104 valence electrons. The monoisotopic (exact) mass is 282 g/mol. The van der Waals surface area contributed by atoms with Crippen molar-refractivity contribution in [2.24, 2.45) is 5.92 Å². The normalized spacial score (nSPS) is 10.5. The Morgan fingerprint density at radius 1 is 1.26 bits per heavy atom. The molecule has 0 heterocycles. The zero-order valence-electron chi connectivity index (χ0n) is 11.1. The number of hydrogen-bond acceptors (Lipinski definition) is 4. The number of aliphatic carboxylic acids is 1. The van der Waals surface area contributed by atoms with Crippen LogP contribution in [0.25, 0.3) is 0 Å². The highest BCUT2D eigenvalue weighted by Gasteiger charge is 2.06. The number of benzene rings is 1. The van der Waals surface area contributed by atoms with E-state index in [1.807, 2.05) is 26.0 Å². The average molecular weight is 282 g/mol. The van der Waals surface area contributed by atoms with E-state index in [1.165, 1.54) is 11.8 Å². The molecule has 0 saturated heterocycles. The number of esters is 1. The van der Waals surface area contributed by atoms with Crippen molar-refractivity contribution >= 4 is 23.7 Å². The molecule has 0 fully saturated rings. The summed E-state index contributed by atoms with van der Waals surface area (Å²) in [6.07, 6.45) is 0.0153. The third-order valence-electron chi connectivity index (χ3n) is 2.21. The van der Waals surface area contributed by atoms with Gasteiger partial charge < -0.3 is 9.84 Å². The van der Waals surface area contributed by atoms with Gasteiger partial charge in [-0.1, -0.05) is 26.0 Å². The summed E-state index contributed by atoms with van der Waals surface area (Å²) in [6.45, 7) is 4.42. The van der Waals surface area contributed by atoms with Crippen molar-refractivity contribution < 1.29 is 19.4 Å². The summed E-state index contributed by atoms with van der Waals surface area (Å²) in [6, 6.07) is 7.16. The van der Waals surface area contributed by atoms with Crippen molar-refractivity contribution in [3.63, 3.8) is 0 Å². The van der Waals surface area contributed by atoms with Crippen LogP contribution in [0.4, 0.5) is 0 Å². The lowest BCUT2D eigenvalue weighted by molar-refractivity contribution is -0.141. The minimum atomic E-state index is -0.849. The lowest BCUT2D eigenvalue weighted by Gasteiger charge is -2.07. The van der Waals surface area contributed by atoms with Crippen molar-refractivity contribution in [2.75, 3.05) is 12.4 Å². The van der Waals surface area contributed by atoms with Crippen LogP contribution < -0.4 is 0 Å². The highest BCUT2D eigenvalue weighted by Crippen LogP contribution is 2.18. The van der Waals surface area contributed by atoms with Crippen LogP contribution in [0.2, 0.25) is 0 Å². The number of ether oxygens (including phenoxy) is 1. The van der Waals surface area contributed by atoms with Crippen molar-refractivity contribution in [2.45, 2.75) is 25.2 Å². The zero-order valence-corrected chi connectivity index (χ0v) is 11.9. The molecule has 1 N–H and O–H groups in total. The maximum atomic E-state index is 11.4. The Kier molecular flexibility index (Phi) is 6.42. The molecular formula is C14H18O4S. The fraction of sp³-hybridized carbons (Fsp3) is 0.429. The number of carboxylic acids is 1. The van der Waals surface area contributed by atoms with E-state index in [4.69, 9.17) is 9.84 Å². The smallest absolute Gasteiger partial charge is 0.316 e. The Labute approximate surface area is 117 Å². The SMILES string of the molecule is CC(C)COC(=O)CSc1ccc(CC(=O)O)cc1. The fourth-order valence-corrected chi connectivity index (χ4v) is 2.02. The van der Waals surface area contributed by atoms with Gasteiger partial charge in [0.25, 0.3) is 0 Å². The first-order chi connectivity index (χ1) is 8.97. The first-order valence-electron chi connectivity index (χ1n) is 6.06. The Morgan fingerprint density at radius 3 is 2.42 bits per heavy atom. The lowest BCUT2D eigenvalue weighted by Crippen LogP contribution is -2.11. The summed E-state index contributed by atoms with van der Waals surface area (Å²) in [5.41, 5.74) is 0.749. The second-order valence-electron chi connectivity index (χ2n) is 4.58. The molecule has 0 unspecified atom stereocenters. The van der Waals surface area contributed by atoms with Crippen LogP contribution in [0.15, 0.2) is 29.2 Å². The maximum absolute atomic E-state index is 11.4.